The summed E-state index contributed by atoms with van der Waals surface area (Å²) in [6, 6.07) is 2.03. The number of hydrogen-bond donors (Lipinski definition) is 0. The molecule has 1 aromatic rings. The number of thioether (sulfide) groups is 1. The Kier molecular flexibility index (Phi) is 2.79. The number of hydrogen-bond acceptors (Lipinski definition) is 3. The first kappa shape index (κ1) is 9.34. The van der Waals surface area contributed by atoms with Crippen LogP contribution in [0.4, 0.5) is 0 Å². The van der Waals surface area contributed by atoms with Gasteiger partial charge in [-0.1, -0.05) is 0 Å². The molecule has 1 aliphatic rings. The van der Waals surface area contributed by atoms with Crippen molar-refractivity contribution in [3.8, 4) is 5.75 Å². The minimum Gasteiger partial charge on any atom is -0.489 e. The predicted octanol–water partition coefficient (Wildman–Crippen LogP) is 3.11. The fraction of sp³-hybridized carbons (Fsp3) is 0.444. The van der Waals surface area contributed by atoms with Gasteiger partial charge in [-0.2, -0.15) is 0 Å². The van der Waals surface area contributed by atoms with Crippen molar-refractivity contribution >= 4 is 27.7 Å². The second-order valence-corrected chi connectivity index (χ2v) is 4.58. The molecule has 0 radical (unpaired) electrons. The third-order valence-corrected chi connectivity index (χ3v) is 3.47. The molecule has 1 aliphatic carbocycles. The van der Waals surface area contributed by atoms with Gasteiger partial charge in [0.2, 0.25) is 0 Å². The maximum Gasteiger partial charge on any atom is 0.139 e. The Hall–Kier alpha value is -0.220. The van der Waals surface area contributed by atoms with E-state index in [0.717, 1.165) is 15.2 Å². The fourth-order valence-electron chi connectivity index (χ4n) is 0.996. The van der Waals surface area contributed by atoms with Gasteiger partial charge in [-0.3, -0.25) is 0 Å². The van der Waals surface area contributed by atoms with Gasteiger partial charge < -0.3 is 4.74 Å². The van der Waals surface area contributed by atoms with Crippen LogP contribution in [-0.4, -0.2) is 17.3 Å². The highest BCUT2D eigenvalue weighted by Crippen LogP contribution is 2.31. The van der Waals surface area contributed by atoms with Gasteiger partial charge in [0.1, 0.15) is 10.4 Å². The van der Waals surface area contributed by atoms with Crippen molar-refractivity contribution in [2.75, 3.05) is 6.26 Å². The summed E-state index contributed by atoms with van der Waals surface area (Å²) in [5, 5.41) is 0. The molecule has 0 saturated heterocycles. The van der Waals surface area contributed by atoms with Gasteiger partial charge in [-0.15, -0.1) is 11.8 Å². The normalized spacial score (nSPS) is 15.8. The summed E-state index contributed by atoms with van der Waals surface area (Å²) < 4.78 is 6.52. The molecular formula is C9H10BrNOS. The van der Waals surface area contributed by atoms with E-state index in [2.05, 4.69) is 20.9 Å². The zero-order valence-electron chi connectivity index (χ0n) is 7.29. The number of rotatable bonds is 3. The van der Waals surface area contributed by atoms with Crippen molar-refractivity contribution in [1.82, 2.24) is 4.98 Å². The van der Waals surface area contributed by atoms with Crippen molar-refractivity contribution in [3.05, 3.63) is 16.9 Å². The van der Waals surface area contributed by atoms with E-state index in [4.69, 9.17) is 4.74 Å². The van der Waals surface area contributed by atoms with E-state index in [1.54, 1.807) is 18.0 Å². The second kappa shape index (κ2) is 3.88. The standard InChI is InChI=1S/C9H10BrNOS/c1-13-8-4-7(5-11-9(8)10)12-6-2-3-6/h4-6H,2-3H2,1H3. The Morgan fingerprint density at radius 3 is 3.00 bits per heavy atom. The van der Waals surface area contributed by atoms with Crippen molar-refractivity contribution in [1.29, 1.82) is 0 Å². The molecule has 0 aliphatic heterocycles. The number of pyridine rings is 1. The zero-order chi connectivity index (χ0) is 9.26. The largest absolute Gasteiger partial charge is 0.489 e. The lowest BCUT2D eigenvalue weighted by molar-refractivity contribution is 0.301. The summed E-state index contributed by atoms with van der Waals surface area (Å²) in [5.74, 6) is 0.884. The third kappa shape index (κ3) is 2.38. The Labute approximate surface area is 90.2 Å². The van der Waals surface area contributed by atoms with E-state index >= 15 is 0 Å². The lowest BCUT2D eigenvalue weighted by atomic mass is 10.4. The molecular weight excluding hydrogens is 250 g/mol. The topological polar surface area (TPSA) is 22.1 Å². The predicted molar refractivity (Wildman–Crippen MR) is 57.4 cm³/mol. The maximum atomic E-state index is 5.63. The van der Waals surface area contributed by atoms with Crippen molar-refractivity contribution in [2.45, 2.75) is 23.8 Å². The fourth-order valence-corrected chi connectivity index (χ4v) is 2.15. The van der Waals surface area contributed by atoms with Crippen LogP contribution in [0.3, 0.4) is 0 Å². The van der Waals surface area contributed by atoms with Crippen LogP contribution >= 0.6 is 27.7 Å². The summed E-state index contributed by atoms with van der Waals surface area (Å²) >= 11 is 5.05. The molecule has 1 heterocycles. The van der Waals surface area contributed by atoms with E-state index in [0.29, 0.717) is 6.10 Å². The zero-order valence-corrected chi connectivity index (χ0v) is 9.69. The monoisotopic (exact) mass is 259 g/mol. The molecule has 4 heteroatoms. The molecule has 1 saturated carbocycles. The van der Waals surface area contributed by atoms with Gasteiger partial charge in [0.15, 0.2) is 0 Å². The molecule has 0 atom stereocenters. The minimum atomic E-state index is 0.442. The second-order valence-electron chi connectivity index (χ2n) is 2.98. The van der Waals surface area contributed by atoms with Crippen molar-refractivity contribution < 1.29 is 4.74 Å². The van der Waals surface area contributed by atoms with Gasteiger partial charge in [-0.05, 0) is 41.1 Å². The van der Waals surface area contributed by atoms with Gasteiger partial charge in [0, 0.05) is 4.90 Å². The summed E-state index contributed by atoms with van der Waals surface area (Å²) in [6.45, 7) is 0. The highest BCUT2D eigenvalue weighted by molar-refractivity contribution is 9.10. The molecule has 0 N–H and O–H groups in total. The first-order valence-electron chi connectivity index (χ1n) is 4.16. The van der Waals surface area contributed by atoms with Gasteiger partial charge in [-0.25, -0.2) is 4.98 Å². The summed E-state index contributed by atoms with van der Waals surface area (Å²) in [7, 11) is 0. The van der Waals surface area contributed by atoms with E-state index in [9.17, 15) is 0 Å². The summed E-state index contributed by atoms with van der Waals surface area (Å²) in [4.78, 5) is 5.32. The third-order valence-electron chi connectivity index (χ3n) is 1.83. The lowest BCUT2D eigenvalue weighted by Crippen LogP contribution is -1.96. The highest BCUT2D eigenvalue weighted by Gasteiger charge is 2.23. The summed E-state index contributed by atoms with van der Waals surface area (Å²) in [5.41, 5.74) is 0. The smallest absolute Gasteiger partial charge is 0.139 e. The Balaban J connectivity index is 2.16. The Morgan fingerprint density at radius 1 is 1.62 bits per heavy atom. The van der Waals surface area contributed by atoms with Crippen molar-refractivity contribution in [2.24, 2.45) is 0 Å². The molecule has 1 fully saturated rings. The van der Waals surface area contributed by atoms with E-state index in [1.165, 1.54) is 12.8 Å². The Morgan fingerprint density at radius 2 is 2.38 bits per heavy atom. The van der Waals surface area contributed by atoms with Crippen LogP contribution in [-0.2, 0) is 0 Å². The molecule has 1 aromatic heterocycles. The van der Waals surface area contributed by atoms with Crippen LogP contribution in [0.5, 0.6) is 5.75 Å². The first-order chi connectivity index (χ1) is 6.29. The Bertz CT molecular complexity index is 314. The summed E-state index contributed by atoms with van der Waals surface area (Å²) in [6.07, 6.45) is 6.61. The van der Waals surface area contributed by atoms with Gasteiger partial charge >= 0.3 is 0 Å². The van der Waals surface area contributed by atoms with Gasteiger partial charge in [0.25, 0.3) is 0 Å². The van der Waals surface area contributed by atoms with Crippen LogP contribution in [0.1, 0.15) is 12.8 Å². The van der Waals surface area contributed by atoms with E-state index < -0.39 is 0 Å². The number of aromatic nitrogens is 1. The molecule has 0 amide bonds. The van der Waals surface area contributed by atoms with E-state index in [1.807, 2.05) is 12.3 Å². The quantitative estimate of drug-likeness (QED) is 0.615. The molecule has 0 bridgehead atoms. The van der Waals surface area contributed by atoms with Crippen LogP contribution in [0.2, 0.25) is 0 Å². The molecule has 0 spiro atoms. The van der Waals surface area contributed by atoms with Crippen LogP contribution < -0.4 is 4.74 Å². The average Bonchev–Trinajstić information content (AvgIpc) is 2.92. The van der Waals surface area contributed by atoms with E-state index in [-0.39, 0.29) is 0 Å². The SMILES string of the molecule is CSc1cc(OC2CC2)cnc1Br. The lowest BCUT2D eigenvalue weighted by Gasteiger charge is -2.05. The molecule has 0 unspecified atom stereocenters. The maximum absolute atomic E-state index is 5.63. The molecule has 13 heavy (non-hydrogen) atoms. The number of ether oxygens (including phenoxy) is 1. The van der Waals surface area contributed by atoms with Crippen LogP contribution in [0, 0.1) is 0 Å². The number of nitrogens with zero attached hydrogens (tertiary/aromatic N) is 1. The molecule has 70 valence electrons. The molecule has 0 aromatic carbocycles. The molecule has 2 rings (SSSR count). The average molecular weight is 260 g/mol. The molecule has 2 nitrogen and oxygen atoms in total. The highest BCUT2D eigenvalue weighted by atomic mass is 79.9. The first-order valence-corrected chi connectivity index (χ1v) is 6.17. The number of halogens is 1. The van der Waals surface area contributed by atoms with Gasteiger partial charge in [0.05, 0.1) is 12.3 Å². The van der Waals surface area contributed by atoms with Crippen LogP contribution in [0.25, 0.3) is 0 Å². The van der Waals surface area contributed by atoms with Crippen LogP contribution in [0.15, 0.2) is 21.8 Å². The van der Waals surface area contributed by atoms with Crippen molar-refractivity contribution in [3.63, 3.8) is 0 Å². The minimum absolute atomic E-state index is 0.442.